The van der Waals surface area contributed by atoms with E-state index >= 15 is 0 Å². The minimum absolute atomic E-state index is 0.0425. The van der Waals surface area contributed by atoms with Crippen LogP contribution in [0.25, 0.3) is 17.0 Å². The average Bonchev–Trinajstić information content (AvgIpc) is 3.08. The Kier molecular flexibility index (Phi) is 3.92. The molecule has 1 aliphatic rings. The van der Waals surface area contributed by atoms with Crippen molar-refractivity contribution >= 4 is 32.7 Å². The summed E-state index contributed by atoms with van der Waals surface area (Å²) in [4.78, 5) is 15.3. The number of benzene rings is 1. The van der Waals surface area contributed by atoms with Crippen LogP contribution in [-0.2, 0) is 14.6 Å². The van der Waals surface area contributed by atoms with Crippen LogP contribution in [0.4, 0.5) is 0 Å². The number of aromatic nitrogens is 1. The zero-order valence-corrected chi connectivity index (χ0v) is 13.1. The van der Waals surface area contributed by atoms with E-state index in [1.165, 1.54) is 6.08 Å². The second-order valence-corrected chi connectivity index (χ2v) is 7.76. The lowest BCUT2D eigenvalue weighted by molar-refractivity contribution is -0.117. The van der Waals surface area contributed by atoms with Crippen LogP contribution in [0.15, 0.2) is 36.0 Å². The molecule has 2 N–H and O–H groups in total. The summed E-state index contributed by atoms with van der Waals surface area (Å²) < 4.78 is 22.9. The van der Waals surface area contributed by atoms with Gasteiger partial charge in [-0.25, -0.2) is 8.42 Å². The van der Waals surface area contributed by atoms with Crippen LogP contribution in [0.2, 0.25) is 0 Å². The Bertz CT molecular complexity index is 935. The molecule has 1 atom stereocenters. The molecular weight excluding hydrogens is 314 g/mol. The number of hydrogen-bond donors (Lipinski definition) is 2. The maximum Gasteiger partial charge on any atom is 0.262 e. The number of carbonyl (C=O) groups excluding carboxylic acids is 1. The zero-order chi connectivity index (χ0) is 16.4. The van der Waals surface area contributed by atoms with E-state index in [-0.39, 0.29) is 17.1 Å². The van der Waals surface area contributed by atoms with E-state index in [9.17, 15) is 18.5 Å². The average molecular weight is 329 g/mol. The first-order chi connectivity index (χ1) is 11.0. The minimum atomic E-state index is -3.07. The molecule has 7 heteroatoms. The van der Waals surface area contributed by atoms with Gasteiger partial charge in [0.2, 0.25) is 0 Å². The van der Waals surface area contributed by atoms with Crippen LogP contribution < -0.4 is 5.32 Å². The van der Waals surface area contributed by atoms with Crippen LogP contribution in [0, 0.1) is 11.3 Å². The van der Waals surface area contributed by atoms with Crippen LogP contribution in [-0.4, -0.2) is 36.9 Å². The second-order valence-electron chi connectivity index (χ2n) is 5.53. The summed E-state index contributed by atoms with van der Waals surface area (Å²) in [6, 6.07) is 9.03. The van der Waals surface area contributed by atoms with Crippen molar-refractivity contribution in [1.82, 2.24) is 10.3 Å². The van der Waals surface area contributed by atoms with Gasteiger partial charge in [0.15, 0.2) is 9.84 Å². The van der Waals surface area contributed by atoms with Crippen molar-refractivity contribution in [1.29, 1.82) is 5.26 Å². The lowest BCUT2D eigenvalue weighted by Gasteiger charge is -2.09. The fraction of sp³-hybridized carbons (Fsp3) is 0.250. The molecule has 1 aromatic carbocycles. The van der Waals surface area contributed by atoms with Crippen molar-refractivity contribution in [3.63, 3.8) is 0 Å². The number of rotatable bonds is 3. The van der Waals surface area contributed by atoms with E-state index in [2.05, 4.69) is 10.3 Å². The van der Waals surface area contributed by atoms with Gasteiger partial charge in [-0.15, -0.1) is 0 Å². The molecule has 2 aromatic rings. The maximum absolute atomic E-state index is 12.2. The van der Waals surface area contributed by atoms with Crippen molar-refractivity contribution in [2.24, 2.45) is 0 Å². The van der Waals surface area contributed by atoms with Crippen LogP contribution in [0.5, 0.6) is 0 Å². The SMILES string of the molecule is N#CC(=Cc1c[nH]c2ccccc12)C(=O)NC1CCS(=O)(=O)C1. The van der Waals surface area contributed by atoms with E-state index in [0.717, 1.165) is 16.5 Å². The molecule has 0 aliphatic carbocycles. The number of nitrogens with zero attached hydrogens (tertiary/aromatic N) is 1. The Balaban J connectivity index is 1.82. The van der Waals surface area contributed by atoms with E-state index in [4.69, 9.17) is 0 Å². The number of para-hydroxylation sites is 1. The molecule has 1 unspecified atom stereocenters. The van der Waals surface area contributed by atoms with Gasteiger partial charge >= 0.3 is 0 Å². The number of carbonyl (C=O) groups is 1. The lowest BCUT2D eigenvalue weighted by atomic mass is 10.1. The number of aromatic amines is 1. The van der Waals surface area contributed by atoms with Gasteiger partial charge in [0.1, 0.15) is 11.6 Å². The van der Waals surface area contributed by atoms with Gasteiger partial charge in [0, 0.05) is 28.7 Å². The summed E-state index contributed by atoms with van der Waals surface area (Å²) in [6.07, 6.45) is 3.63. The first-order valence-corrected chi connectivity index (χ1v) is 9.00. The molecule has 23 heavy (non-hydrogen) atoms. The van der Waals surface area contributed by atoms with Crippen molar-refractivity contribution in [3.05, 3.63) is 41.6 Å². The van der Waals surface area contributed by atoms with Gasteiger partial charge in [-0.2, -0.15) is 5.26 Å². The molecule has 1 aromatic heterocycles. The number of nitriles is 1. The van der Waals surface area contributed by atoms with E-state index < -0.39 is 21.8 Å². The topological polar surface area (TPSA) is 103 Å². The zero-order valence-electron chi connectivity index (χ0n) is 12.2. The Morgan fingerprint density at radius 3 is 2.87 bits per heavy atom. The van der Waals surface area contributed by atoms with E-state index in [1.54, 1.807) is 6.20 Å². The molecule has 1 aliphatic heterocycles. The minimum Gasteiger partial charge on any atom is -0.361 e. The van der Waals surface area contributed by atoms with Gasteiger partial charge in [0.25, 0.3) is 5.91 Å². The van der Waals surface area contributed by atoms with Gasteiger partial charge in [-0.3, -0.25) is 4.79 Å². The van der Waals surface area contributed by atoms with Gasteiger partial charge in [-0.1, -0.05) is 18.2 Å². The summed E-state index contributed by atoms with van der Waals surface area (Å²) in [5.41, 5.74) is 1.61. The van der Waals surface area contributed by atoms with Gasteiger partial charge < -0.3 is 10.3 Å². The summed E-state index contributed by atoms with van der Waals surface area (Å²) >= 11 is 0. The standard InChI is InChI=1S/C16H15N3O3S/c17-8-11(16(20)19-13-5-6-23(21,22)10-13)7-12-9-18-15-4-2-1-3-14(12)15/h1-4,7,9,13,18H,5-6,10H2,(H,19,20). The summed E-state index contributed by atoms with van der Waals surface area (Å²) in [6.45, 7) is 0. The Morgan fingerprint density at radius 2 is 2.17 bits per heavy atom. The lowest BCUT2D eigenvalue weighted by Crippen LogP contribution is -2.36. The smallest absolute Gasteiger partial charge is 0.262 e. The number of hydrogen-bond acceptors (Lipinski definition) is 4. The highest BCUT2D eigenvalue weighted by Crippen LogP contribution is 2.20. The third-order valence-corrected chi connectivity index (χ3v) is 5.62. The van der Waals surface area contributed by atoms with Crippen LogP contribution >= 0.6 is 0 Å². The molecule has 6 nitrogen and oxygen atoms in total. The predicted octanol–water partition coefficient (Wildman–Crippen LogP) is 1.38. The fourth-order valence-electron chi connectivity index (χ4n) is 2.69. The molecule has 1 fully saturated rings. The first-order valence-electron chi connectivity index (χ1n) is 7.18. The second kappa shape index (κ2) is 5.89. The fourth-order valence-corrected chi connectivity index (χ4v) is 4.36. The highest BCUT2D eigenvalue weighted by molar-refractivity contribution is 7.91. The van der Waals surface area contributed by atoms with E-state index in [1.807, 2.05) is 30.3 Å². The number of H-pyrrole nitrogens is 1. The molecule has 0 spiro atoms. The maximum atomic E-state index is 12.2. The molecule has 0 radical (unpaired) electrons. The number of fused-ring (bicyclic) bond motifs is 1. The van der Waals surface area contributed by atoms with Crippen molar-refractivity contribution in [2.75, 3.05) is 11.5 Å². The summed E-state index contributed by atoms with van der Waals surface area (Å²) in [5.74, 6) is -0.531. The number of amides is 1. The predicted molar refractivity (Wildman–Crippen MR) is 87.1 cm³/mol. The first kappa shape index (κ1) is 15.3. The normalized spacial score (nSPS) is 20.3. The highest BCUT2D eigenvalue weighted by atomic mass is 32.2. The van der Waals surface area contributed by atoms with Gasteiger partial charge in [0.05, 0.1) is 11.5 Å². The van der Waals surface area contributed by atoms with Crippen molar-refractivity contribution in [2.45, 2.75) is 12.5 Å². The monoisotopic (exact) mass is 329 g/mol. The molecule has 1 amide bonds. The molecule has 0 bridgehead atoms. The quantitative estimate of drug-likeness (QED) is 0.656. The molecule has 3 rings (SSSR count). The number of nitrogens with one attached hydrogen (secondary N) is 2. The third kappa shape index (κ3) is 3.27. The largest absolute Gasteiger partial charge is 0.361 e. The molecule has 2 heterocycles. The van der Waals surface area contributed by atoms with Gasteiger partial charge in [-0.05, 0) is 18.6 Å². The Morgan fingerprint density at radius 1 is 1.39 bits per heavy atom. The highest BCUT2D eigenvalue weighted by Gasteiger charge is 2.29. The third-order valence-electron chi connectivity index (χ3n) is 3.85. The Labute approximate surface area is 133 Å². The van der Waals surface area contributed by atoms with Crippen molar-refractivity contribution in [3.8, 4) is 6.07 Å². The molecular formula is C16H15N3O3S. The van der Waals surface area contributed by atoms with Crippen molar-refractivity contribution < 1.29 is 13.2 Å². The Hall–Kier alpha value is -2.59. The molecule has 1 saturated heterocycles. The molecule has 118 valence electrons. The number of sulfone groups is 1. The van der Waals surface area contributed by atoms with E-state index in [0.29, 0.717) is 6.42 Å². The summed E-state index contributed by atoms with van der Waals surface area (Å²) in [5, 5.41) is 12.8. The van der Waals surface area contributed by atoms with Crippen LogP contribution in [0.3, 0.4) is 0 Å². The van der Waals surface area contributed by atoms with Crippen LogP contribution in [0.1, 0.15) is 12.0 Å². The molecule has 0 saturated carbocycles. The summed E-state index contributed by atoms with van der Waals surface area (Å²) in [7, 11) is -3.07.